The number of thiophene rings is 1. The third-order valence-electron chi connectivity index (χ3n) is 4.15. The first-order valence-corrected chi connectivity index (χ1v) is 11.5. The topological polar surface area (TPSA) is 87.5 Å². The highest BCUT2D eigenvalue weighted by atomic mass is 35.5. The summed E-state index contributed by atoms with van der Waals surface area (Å²) in [5.41, 5.74) is 7.97. The molecule has 3 rings (SSSR count). The standard InChI is InChI=1S/C11H15N3O2S.C7H8ClN.2C2H6/c1-2-14-4-3-7-8(5-14)17-11(13-6-15)9(7)10(12)16;1-9-7-4-2-6(8)3-5-7;2*1-2/h6H,2-5H2,1H3,(H2,12,16)(H,13,15);2-5,9H,1H3;2*1-2H3. The molecule has 0 bridgehead atoms. The van der Waals surface area contributed by atoms with Crippen molar-refractivity contribution >= 4 is 45.9 Å². The predicted molar refractivity (Wildman–Crippen MR) is 131 cm³/mol. The molecule has 0 radical (unpaired) electrons. The van der Waals surface area contributed by atoms with Crippen LogP contribution in [0.25, 0.3) is 0 Å². The third-order valence-corrected chi connectivity index (χ3v) is 5.55. The maximum atomic E-state index is 11.4. The van der Waals surface area contributed by atoms with E-state index in [1.165, 1.54) is 11.3 Å². The van der Waals surface area contributed by atoms with Crippen molar-refractivity contribution in [1.29, 1.82) is 0 Å². The van der Waals surface area contributed by atoms with Gasteiger partial charge in [0.05, 0.1) is 5.56 Å². The number of halogens is 1. The van der Waals surface area contributed by atoms with Crippen LogP contribution in [0.5, 0.6) is 0 Å². The molecule has 1 aliphatic heterocycles. The molecule has 1 aromatic carbocycles. The number of hydrogen-bond acceptors (Lipinski definition) is 5. The molecule has 0 fully saturated rings. The molecule has 2 aromatic rings. The van der Waals surface area contributed by atoms with Gasteiger partial charge in [-0.2, -0.15) is 0 Å². The summed E-state index contributed by atoms with van der Waals surface area (Å²) in [5, 5.41) is 6.91. The van der Waals surface area contributed by atoms with Crippen molar-refractivity contribution in [2.75, 3.05) is 30.8 Å². The average Bonchev–Trinajstić information content (AvgIpc) is 3.15. The summed E-state index contributed by atoms with van der Waals surface area (Å²) in [6, 6.07) is 7.57. The second-order valence-electron chi connectivity index (χ2n) is 5.71. The van der Waals surface area contributed by atoms with Gasteiger partial charge >= 0.3 is 0 Å². The number of nitrogens with zero attached hydrogens (tertiary/aromatic N) is 1. The Bertz CT molecular complexity index is 763. The zero-order valence-corrected chi connectivity index (χ0v) is 20.4. The summed E-state index contributed by atoms with van der Waals surface area (Å²) in [4.78, 5) is 25.4. The van der Waals surface area contributed by atoms with Gasteiger partial charge in [0.1, 0.15) is 5.00 Å². The second-order valence-corrected chi connectivity index (χ2v) is 7.25. The Morgan fingerprint density at radius 3 is 2.30 bits per heavy atom. The molecule has 0 spiro atoms. The lowest BCUT2D eigenvalue weighted by Gasteiger charge is -2.25. The Morgan fingerprint density at radius 2 is 1.83 bits per heavy atom. The molecule has 1 aliphatic rings. The lowest BCUT2D eigenvalue weighted by molar-refractivity contribution is -0.105. The Hall–Kier alpha value is -2.09. The van der Waals surface area contributed by atoms with E-state index in [0.717, 1.165) is 47.2 Å². The minimum atomic E-state index is -0.461. The molecule has 168 valence electrons. The van der Waals surface area contributed by atoms with Gasteiger partial charge in [-0.25, -0.2) is 0 Å². The number of likely N-dealkylation sites (N-methyl/N-ethyl adjacent to an activating group) is 1. The van der Waals surface area contributed by atoms with Gasteiger partial charge in [-0.1, -0.05) is 46.2 Å². The maximum Gasteiger partial charge on any atom is 0.251 e. The van der Waals surface area contributed by atoms with Gasteiger partial charge in [-0.05, 0) is 42.8 Å². The van der Waals surface area contributed by atoms with Crippen molar-refractivity contribution in [2.24, 2.45) is 5.73 Å². The van der Waals surface area contributed by atoms with Crippen molar-refractivity contribution in [1.82, 2.24) is 4.90 Å². The van der Waals surface area contributed by atoms with Crippen LogP contribution in [-0.4, -0.2) is 37.4 Å². The van der Waals surface area contributed by atoms with Crippen molar-refractivity contribution in [3.8, 4) is 0 Å². The van der Waals surface area contributed by atoms with Crippen LogP contribution < -0.4 is 16.4 Å². The number of nitrogens with two attached hydrogens (primary N) is 1. The van der Waals surface area contributed by atoms with Gasteiger partial charge in [0, 0.05) is 35.7 Å². The van der Waals surface area contributed by atoms with Crippen molar-refractivity contribution < 1.29 is 9.59 Å². The zero-order valence-electron chi connectivity index (χ0n) is 18.8. The number of amides is 2. The first-order valence-electron chi connectivity index (χ1n) is 10.3. The van der Waals surface area contributed by atoms with Crippen LogP contribution in [0, 0.1) is 0 Å². The van der Waals surface area contributed by atoms with E-state index in [1.807, 2.05) is 59.0 Å². The summed E-state index contributed by atoms with van der Waals surface area (Å²) in [6.07, 6.45) is 1.40. The Morgan fingerprint density at radius 1 is 1.23 bits per heavy atom. The monoisotopic (exact) mass is 454 g/mol. The van der Waals surface area contributed by atoms with Crippen LogP contribution >= 0.6 is 22.9 Å². The number of benzene rings is 1. The highest BCUT2D eigenvalue weighted by molar-refractivity contribution is 7.16. The van der Waals surface area contributed by atoms with Crippen molar-refractivity contribution in [2.45, 2.75) is 47.6 Å². The number of fused-ring (bicyclic) bond motifs is 1. The number of primary amides is 1. The minimum Gasteiger partial charge on any atom is -0.388 e. The van der Waals surface area contributed by atoms with Gasteiger partial charge in [0.15, 0.2) is 0 Å². The SMILES string of the molecule is CC.CC.CCN1CCc2c(sc(NC=O)c2C(N)=O)C1.CNc1ccc(Cl)cc1. The molecule has 0 saturated heterocycles. The summed E-state index contributed by atoms with van der Waals surface area (Å²) < 4.78 is 0. The molecule has 2 amide bonds. The highest BCUT2D eigenvalue weighted by Crippen LogP contribution is 2.36. The Balaban J connectivity index is 0.000000547. The molecule has 4 N–H and O–H groups in total. The summed E-state index contributed by atoms with van der Waals surface area (Å²) in [6.45, 7) is 12.9. The third kappa shape index (κ3) is 8.34. The number of hydrogen-bond donors (Lipinski definition) is 3. The molecule has 0 saturated carbocycles. The lowest BCUT2D eigenvalue weighted by atomic mass is 10.0. The number of carbonyl (C=O) groups is 2. The van der Waals surface area contributed by atoms with Crippen LogP contribution in [-0.2, 0) is 17.8 Å². The quantitative estimate of drug-likeness (QED) is 0.540. The number of anilines is 2. The van der Waals surface area contributed by atoms with Crippen LogP contribution in [0.2, 0.25) is 5.02 Å². The molecular formula is C22H35ClN4O2S. The van der Waals surface area contributed by atoms with E-state index in [9.17, 15) is 9.59 Å². The van der Waals surface area contributed by atoms with E-state index in [2.05, 4.69) is 22.5 Å². The molecular weight excluding hydrogens is 420 g/mol. The largest absolute Gasteiger partial charge is 0.388 e. The van der Waals surface area contributed by atoms with E-state index in [1.54, 1.807) is 0 Å². The van der Waals surface area contributed by atoms with E-state index in [4.69, 9.17) is 17.3 Å². The highest BCUT2D eigenvalue weighted by Gasteiger charge is 2.26. The molecule has 0 aliphatic carbocycles. The van der Waals surface area contributed by atoms with E-state index >= 15 is 0 Å². The Labute approximate surface area is 189 Å². The number of nitrogens with one attached hydrogen (secondary N) is 2. The van der Waals surface area contributed by atoms with Gasteiger partial charge in [0.2, 0.25) is 6.41 Å². The van der Waals surface area contributed by atoms with Crippen LogP contribution in [0.1, 0.15) is 55.4 Å². The van der Waals surface area contributed by atoms with Crippen LogP contribution in [0.3, 0.4) is 0 Å². The summed E-state index contributed by atoms with van der Waals surface area (Å²) in [5.74, 6) is -0.461. The van der Waals surface area contributed by atoms with E-state index in [0.29, 0.717) is 17.0 Å². The zero-order chi connectivity index (χ0) is 23.1. The number of rotatable bonds is 5. The van der Waals surface area contributed by atoms with E-state index in [-0.39, 0.29) is 0 Å². The fourth-order valence-electron chi connectivity index (χ4n) is 2.76. The second kappa shape index (κ2) is 15.7. The van der Waals surface area contributed by atoms with Crippen LogP contribution in [0.4, 0.5) is 10.7 Å². The van der Waals surface area contributed by atoms with Crippen molar-refractivity contribution in [3.63, 3.8) is 0 Å². The normalized spacial score (nSPS) is 11.8. The van der Waals surface area contributed by atoms with Gasteiger partial charge in [-0.3, -0.25) is 14.5 Å². The molecule has 0 atom stereocenters. The van der Waals surface area contributed by atoms with Crippen molar-refractivity contribution in [3.05, 3.63) is 45.3 Å². The summed E-state index contributed by atoms with van der Waals surface area (Å²) in [7, 11) is 1.88. The maximum absolute atomic E-state index is 11.4. The smallest absolute Gasteiger partial charge is 0.251 e. The lowest BCUT2D eigenvalue weighted by Crippen LogP contribution is -2.30. The number of carbonyl (C=O) groups excluding carboxylic acids is 2. The first kappa shape index (κ1) is 27.9. The van der Waals surface area contributed by atoms with Gasteiger partial charge in [0.25, 0.3) is 5.91 Å². The van der Waals surface area contributed by atoms with Crippen LogP contribution in [0.15, 0.2) is 24.3 Å². The first-order chi connectivity index (χ1) is 14.5. The molecule has 2 heterocycles. The minimum absolute atomic E-state index is 0.461. The van der Waals surface area contributed by atoms with Gasteiger partial charge in [-0.15, -0.1) is 11.3 Å². The molecule has 1 aromatic heterocycles. The van der Waals surface area contributed by atoms with Gasteiger partial charge < -0.3 is 16.4 Å². The molecule has 8 heteroatoms. The average molecular weight is 455 g/mol. The Kier molecular flexibility index (Phi) is 14.6. The van der Waals surface area contributed by atoms with E-state index < -0.39 is 5.91 Å². The summed E-state index contributed by atoms with van der Waals surface area (Å²) >= 11 is 7.09. The fourth-order valence-corrected chi connectivity index (χ4v) is 4.14. The predicted octanol–water partition coefficient (Wildman–Crippen LogP) is 5.23. The molecule has 6 nitrogen and oxygen atoms in total. The molecule has 30 heavy (non-hydrogen) atoms. The fraction of sp³-hybridized carbons (Fsp3) is 0.455. The molecule has 0 unspecified atom stereocenters.